The molecule has 3 aromatic rings. The lowest BCUT2D eigenvalue weighted by Gasteiger charge is -2.30. The van der Waals surface area contributed by atoms with Gasteiger partial charge in [0.25, 0.3) is 5.91 Å². The normalized spacial score (nSPS) is 17.1. The lowest BCUT2D eigenvalue weighted by molar-refractivity contribution is 0.0365. The Kier molecular flexibility index (Phi) is 8.72. The average molecular weight is 533 g/mol. The van der Waals surface area contributed by atoms with Crippen molar-refractivity contribution in [3.63, 3.8) is 0 Å². The van der Waals surface area contributed by atoms with Crippen molar-refractivity contribution >= 4 is 17.7 Å². The first kappa shape index (κ1) is 26.7. The van der Waals surface area contributed by atoms with Crippen molar-refractivity contribution in [1.29, 1.82) is 0 Å². The van der Waals surface area contributed by atoms with E-state index in [2.05, 4.69) is 27.2 Å². The molecule has 2 fully saturated rings. The molecular formula is C29H36N6O4. The van der Waals surface area contributed by atoms with E-state index in [1.54, 1.807) is 29.4 Å². The van der Waals surface area contributed by atoms with Crippen LogP contribution in [0.2, 0.25) is 0 Å². The summed E-state index contributed by atoms with van der Waals surface area (Å²) in [5, 5.41) is 6.88. The molecule has 0 atom stereocenters. The van der Waals surface area contributed by atoms with E-state index < -0.39 is 6.09 Å². The minimum Gasteiger partial charge on any atom is -0.396 e. The molecule has 1 aromatic carbocycles. The third-order valence-corrected chi connectivity index (χ3v) is 7.48. The molecule has 10 heteroatoms. The lowest BCUT2D eigenvalue weighted by atomic mass is 9.98. The standard InChI is InChI=1S/C29H36N6O4/c1-22-9-15-33(16-10-22)20-23-3-5-25(6-4-23)28(36)32-26-7-8-27(30-19-26)39-29(37)34-17-11-24(12-18-34)21-38-35-14-2-13-31-35/h2-8,13-14,19,22,24H,9-12,15-18,20-21H2,1H3,(H,32,36). The van der Waals surface area contributed by atoms with Gasteiger partial charge in [-0.1, -0.05) is 19.1 Å². The molecule has 206 valence electrons. The fourth-order valence-corrected chi connectivity index (χ4v) is 4.91. The first-order valence-corrected chi connectivity index (χ1v) is 13.7. The van der Waals surface area contributed by atoms with Crippen LogP contribution in [0.4, 0.5) is 10.5 Å². The minimum atomic E-state index is -0.426. The molecule has 2 aliphatic heterocycles. The number of pyridine rings is 1. The fraction of sp³-hybridized carbons (Fsp3) is 0.448. The lowest BCUT2D eigenvalue weighted by Crippen LogP contribution is -2.41. The van der Waals surface area contributed by atoms with Gasteiger partial charge in [-0.15, -0.1) is 9.94 Å². The highest BCUT2D eigenvalue weighted by atomic mass is 16.7. The molecule has 2 saturated heterocycles. The van der Waals surface area contributed by atoms with Crippen LogP contribution in [0, 0.1) is 11.8 Å². The predicted octanol–water partition coefficient (Wildman–Crippen LogP) is 4.10. The highest BCUT2D eigenvalue weighted by molar-refractivity contribution is 6.04. The molecule has 0 bridgehead atoms. The number of ether oxygens (including phenoxy) is 1. The van der Waals surface area contributed by atoms with Gasteiger partial charge < -0.3 is 19.8 Å². The molecule has 39 heavy (non-hydrogen) atoms. The number of carbonyl (C=O) groups excluding carboxylic acids is 2. The number of amides is 2. The Hall–Kier alpha value is -3.92. The maximum atomic E-state index is 12.7. The van der Waals surface area contributed by atoms with E-state index in [-0.39, 0.29) is 11.8 Å². The van der Waals surface area contributed by atoms with Crippen molar-refractivity contribution in [2.45, 2.75) is 39.2 Å². The van der Waals surface area contributed by atoms with Crippen LogP contribution >= 0.6 is 0 Å². The maximum absolute atomic E-state index is 12.7. The number of piperidine rings is 2. The highest BCUT2D eigenvalue weighted by Gasteiger charge is 2.25. The van der Waals surface area contributed by atoms with E-state index in [9.17, 15) is 9.59 Å². The molecule has 5 rings (SSSR count). The first-order chi connectivity index (χ1) is 19.0. The first-order valence-electron chi connectivity index (χ1n) is 13.7. The number of carbonyl (C=O) groups is 2. The number of rotatable bonds is 8. The van der Waals surface area contributed by atoms with Crippen molar-refractivity contribution in [3.8, 4) is 5.88 Å². The van der Waals surface area contributed by atoms with Gasteiger partial charge in [0.05, 0.1) is 24.3 Å². The van der Waals surface area contributed by atoms with E-state index in [0.29, 0.717) is 36.9 Å². The third-order valence-electron chi connectivity index (χ3n) is 7.48. The molecule has 0 saturated carbocycles. The molecule has 0 spiro atoms. The van der Waals surface area contributed by atoms with Crippen LogP contribution in [0.1, 0.15) is 48.5 Å². The number of hydrogen-bond acceptors (Lipinski definition) is 7. The zero-order chi connectivity index (χ0) is 27.0. The summed E-state index contributed by atoms with van der Waals surface area (Å²) in [4.78, 5) is 40.7. The molecule has 10 nitrogen and oxygen atoms in total. The monoisotopic (exact) mass is 532 g/mol. The summed E-state index contributed by atoms with van der Waals surface area (Å²) in [5.41, 5.74) is 2.32. The Balaban J connectivity index is 1.04. The largest absolute Gasteiger partial charge is 0.416 e. The average Bonchev–Trinajstić information content (AvgIpc) is 3.49. The number of hydrogen-bond donors (Lipinski definition) is 1. The SMILES string of the molecule is CC1CCN(Cc2ccc(C(=O)Nc3ccc(OC(=O)N4CCC(COn5cccn5)CC4)nc3)cc2)CC1. The van der Waals surface area contributed by atoms with Gasteiger partial charge in [0.15, 0.2) is 0 Å². The Morgan fingerprint density at radius 1 is 1.00 bits per heavy atom. The van der Waals surface area contributed by atoms with Gasteiger partial charge in [0.1, 0.15) is 6.61 Å². The van der Waals surface area contributed by atoms with Crippen molar-refractivity contribution in [2.24, 2.45) is 11.8 Å². The Morgan fingerprint density at radius 2 is 1.77 bits per heavy atom. The number of anilines is 1. The van der Waals surface area contributed by atoms with Gasteiger partial charge in [-0.2, -0.15) is 0 Å². The number of nitrogens with one attached hydrogen (secondary N) is 1. The van der Waals surface area contributed by atoms with Gasteiger partial charge >= 0.3 is 6.09 Å². The van der Waals surface area contributed by atoms with Crippen LogP contribution in [0.25, 0.3) is 0 Å². The third kappa shape index (κ3) is 7.57. The summed E-state index contributed by atoms with van der Waals surface area (Å²) in [6.45, 7) is 7.23. The molecule has 1 N–H and O–H groups in total. The summed E-state index contributed by atoms with van der Waals surface area (Å²) in [6, 6.07) is 12.8. The second-order valence-electron chi connectivity index (χ2n) is 10.5. The van der Waals surface area contributed by atoms with Gasteiger partial charge in [-0.3, -0.25) is 9.69 Å². The van der Waals surface area contributed by atoms with Crippen molar-refractivity contribution in [1.82, 2.24) is 24.7 Å². The topological polar surface area (TPSA) is 102 Å². The minimum absolute atomic E-state index is 0.193. The fourth-order valence-electron chi connectivity index (χ4n) is 4.91. The van der Waals surface area contributed by atoms with Crippen LogP contribution in [-0.4, -0.2) is 69.5 Å². The van der Waals surface area contributed by atoms with E-state index in [0.717, 1.165) is 38.4 Å². The second-order valence-corrected chi connectivity index (χ2v) is 10.5. The van der Waals surface area contributed by atoms with Crippen molar-refractivity contribution in [3.05, 3.63) is 72.2 Å². The van der Waals surface area contributed by atoms with Crippen LogP contribution in [-0.2, 0) is 6.54 Å². The van der Waals surface area contributed by atoms with Gasteiger partial charge in [0, 0.05) is 31.3 Å². The number of nitrogens with zero attached hydrogens (tertiary/aromatic N) is 5. The number of benzene rings is 1. The maximum Gasteiger partial charge on any atom is 0.416 e. The second kappa shape index (κ2) is 12.8. The van der Waals surface area contributed by atoms with Crippen LogP contribution in [0.15, 0.2) is 61.1 Å². The van der Waals surface area contributed by atoms with Crippen LogP contribution < -0.4 is 14.9 Å². The molecule has 0 aliphatic carbocycles. The van der Waals surface area contributed by atoms with Crippen molar-refractivity contribution in [2.75, 3.05) is 38.1 Å². The van der Waals surface area contributed by atoms with E-state index >= 15 is 0 Å². The van der Waals surface area contributed by atoms with E-state index in [4.69, 9.17) is 9.57 Å². The molecule has 2 amide bonds. The van der Waals surface area contributed by atoms with Crippen LogP contribution in [0.5, 0.6) is 5.88 Å². The molecule has 0 unspecified atom stereocenters. The summed E-state index contributed by atoms with van der Waals surface area (Å²) in [7, 11) is 0. The zero-order valence-corrected chi connectivity index (χ0v) is 22.4. The summed E-state index contributed by atoms with van der Waals surface area (Å²) < 4.78 is 5.45. The van der Waals surface area contributed by atoms with E-state index in [1.807, 2.05) is 30.3 Å². The molecule has 4 heterocycles. The molecule has 2 aliphatic rings. The number of aromatic nitrogens is 3. The zero-order valence-electron chi connectivity index (χ0n) is 22.4. The number of likely N-dealkylation sites (tertiary alicyclic amines) is 2. The Labute approximate surface area is 228 Å². The molecular weight excluding hydrogens is 496 g/mol. The predicted molar refractivity (Wildman–Crippen MR) is 146 cm³/mol. The van der Waals surface area contributed by atoms with Gasteiger partial charge in [-0.25, -0.2) is 9.78 Å². The van der Waals surface area contributed by atoms with E-state index in [1.165, 1.54) is 29.4 Å². The Morgan fingerprint density at radius 3 is 2.44 bits per heavy atom. The van der Waals surface area contributed by atoms with Crippen molar-refractivity contribution < 1.29 is 19.2 Å². The quantitative estimate of drug-likeness (QED) is 0.466. The summed E-state index contributed by atoms with van der Waals surface area (Å²) in [6.07, 6.45) is 8.63. The molecule has 0 radical (unpaired) electrons. The molecule has 2 aromatic heterocycles. The van der Waals surface area contributed by atoms with Crippen LogP contribution in [0.3, 0.4) is 0 Å². The Bertz CT molecular complexity index is 1200. The summed E-state index contributed by atoms with van der Waals surface area (Å²) in [5.74, 6) is 1.15. The van der Waals surface area contributed by atoms with Gasteiger partial charge in [-0.05, 0) is 80.4 Å². The summed E-state index contributed by atoms with van der Waals surface area (Å²) >= 11 is 0. The highest BCUT2D eigenvalue weighted by Crippen LogP contribution is 2.20. The van der Waals surface area contributed by atoms with Gasteiger partial charge in [0.2, 0.25) is 5.88 Å². The smallest absolute Gasteiger partial charge is 0.396 e.